The van der Waals surface area contributed by atoms with Crippen molar-refractivity contribution in [1.82, 2.24) is 15.0 Å². The Balaban J connectivity index is 1.67. The Labute approximate surface area is 186 Å². The summed E-state index contributed by atoms with van der Waals surface area (Å²) >= 11 is 4.62. The van der Waals surface area contributed by atoms with E-state index in [1.165, 1.54) is 0 Å². The molecule has 4 heteroatoms. The van der Waals surface area contributed by atoms with Crippen LogP contribution in [0.1, 0.15) is 0 Å². The van der Waals surface area contributed by atoms with E-state index in [0.717, 1.165) is 32.7 Å². The molecule has 31 heavy (non-hydrogen) atoms. The van der Waals surface area contributed by atoms with Crippen molar-refractivity contribution < 1.29 is 0 Å². The lowest BCUT2D eigenvalue weighted by Crippen LogP contribution is -2.00. The highest BCUT2D eigenvalue weighted by atomic mass is 32.1. The van der Waals surface area contributed by atoms with Crippen molar-refractivity contribution in [2.75, 3.05) is 0 Å². The molecule has 0 spiro atoms. The van der Waals surface area contributed by atoms with Gasteiger partial charge in [-0.05, 0) is 23.3 Å². The Morgan fingerprint density at radius 2 is 0.871 bits per heavy atom. The Kier molecular flexibility index (Phi) is 5.29. The van der Waals surface area contributed by atoms with E-state index in [9.17, 15) is 0 Å². The van der Waals surface area contributed by atoms with Crippen LogP contribution in [0, 0.1) is 0 Å². The fourth-order valence-corrected chi connectivity index (χ4v) is 3.77. The van der Waals surface area contributed by atoms with Gasteiger partial charge in [0.15, 0.2) is 17.5 Å². The van der Waals surface area contributed by atoms with Crippen LogP contribution in [0.5, 0.6) is 0 Å². The standard InChI is InChI=1S/C27H19N3S/c31-24-17-8-7-16-23(24)21-14-9-15-22(18-21)27-29-25(19-10-3-1-4-11-19)28-26(30-27)20-12-5-2-6-13-20/h1-18,31H. The first-order valence-electron chi connectivity index (χ1n) is 10.0. The van der Waals surface area contributed by atoms with Gasteiger partial charge in [-0.1, -0.05) is 97.1 Å². The first kappa shape index (κ1) is 19.2. The molecule has 1 heterocycles. The summed E-state index contributed by atoms with van der Waals surface area (Å²) in [7, 11) is 0. The van der Waals surface area contributed by atoms with Crippen LogP contribution >= 0.6 is 12.6 Å². The maximum Gasteiger partial charge on any atom is 0.164 e. The minimum Gasteiger partial charge on any atom is -0.208 e. The van der Waals surface area contributed by atoms with E-state index in [-0.39, 0.29) is 0 Å². The van der Waals surface area contributed by atoms with Crippen LogP contribution in [-0.4, -0.2) is 15.0 Å². The number of nitrogens with zero attached hydrogens (tertiary/aromatic N) is 3. The van der Waals surface area contributed by atoms with Crippen molar-refractivity contribution in [3.05, 3.63) is 109 Å². The molecule has 1 aromatic heterocycles. The molecular formula is C27H19N3S. The molecule has 0 amide bonds. The van der Waals surface area contributed by atoms with E-state index in [4.69, 9.17) is 15.0 Å². The number of hydrogen-bond acceptors (Lipinski definition) is 4. The quantitative estimate of drug-likeness (QED) is 0.326. The van der Waals surface area contributed by atoms with Crippen molar-refractivity contribution in [2.45, 2.75) is 4.90 Å². The normalized spacial score (nSPS) is 10.7. The van der Waals surface area contributed by atoms with Crippen molar-refractivity contribution in [2.24, 2.45) is 0 Å². The minimum absolute atomic E-state index is 0.645. The average molecular weight is 418 g/mol. The molecule has 5 aromatic rings. The molecule has 0 aliphatic heterocycles. The molecule has 0 bridgehead atoms. The molecule has 5 rings (SSSR count). The van der Waals surface area contributed by atoms with Gasteiger partial charge in [-0.2, -0.15) is 0 Å². The summed E-state index contributed by atoms with van der Waals surface area (Å²) in [5.74, 6) is 1.96. The van der Waals surface area contributed by atoms with Gasteiger partial charge >= 0.3 is 0 Å². The average Bonchev–Trinajstić information content (AvgIpc) is 2.85. The third-order valence-electron chi connectivity index (χ3n) is 5.04. The van der Waals surface area contributed by atoms with Gasteiger partial charge in [-0.3, -0.25) is 0 Å². The summed E-state index contributed by atoms with van der Waals surface area (Å²) in [6.45, 7) is 0. The van der Waals surface area contributed by atoms with Crippen LogP contribution in [0.2, 0.25) is 0 Å². The molecule has 0 N–H and O–H groups in total. The molecular weight excluding hydrogens is 398 g/mol. The zero-order valence-electron chi connectivity index (χ0n) is 16.7. The zero-order chi connectivity index (χ0) is 21.0. The molecule has 0 fully saturated rings. The molecule has 0 aliphatic carbocycles. The van der Waals surface area contributed by atoms with Crippen LogP contribution in [0.4, 0.5) is 0 Å². The highest BCUT2D eigenvalue weighted by Gasteiger charge is 2.13. The SMILES string of the molecule is Sc1ccccc1-c1cccc(-c2nc(-c3ccccc3)nc(-c3ccccc3)n2)c1. The number of rotatable bonds is 4. The van der Waals surface area contributed by atoms with Crippen LogP contribution in [-0.2, 0) is 0 Å². The molecule has 0 saturated carbocycles. The lowest BCUT2D eigenvalue weighted by molar-refractivity contribution is 1.07. The molecule has 0 aliphatic rings. The Hall–Kier alpha value is -3.76. The molecule has 0 unspecified atom stereocenters. The number of benzene rings is 4. The predicted octanol–water partition coefficient (Wildman–Crippen LogP) is 6.83. The van der Waals surface area contributed by atoms with Gasteiger partial charge in [0.2, 0.25) is 0 Å². The topological polar surface area (TPSA) is 38.7 Å². The molecule has 148 valence electrons. The van der Waals surface area contributed by atoms with Crippen LogP contribution in [0.15, 0.2) is 114 Å². The number of thiol groups is 1. The summed E-state index contributed by atoms with van der Waals surface area (Å²) in [5, 5.41) is 0. The van der Waals surface area contributed by atoms with Gasteiger partial charge in [0.05, 0.1) is 0 Å². The van der Waals surface area contributed by atoms with Crippen LogP contribution in [0.25, 0.3) is 45.3 Å². The van der Waals surface area contributed by atoms with E-state index < -0.39 is 0 Å². The Morgan fingerprint density at radius 1 is 0.419 bits per heavy atom. The summed E-state index contributed by atoms with van der Waals surface area (Å²) in [6, 6.07) is 36.3. The highest BCUT2D eigenvalue weighted by molar-refractivity contribution is 7.80. The van der Waals surface area contributed by atoms with Gasteiger partial charge in [0.25, 0.3) is 0 Å². The third kappa shape index (κ3) is 4.11. The van der Waals surface area contributed by atoms with Crippen LogP contribution in [0.3, 0.4) is 0 Å². The van der Waals surface area contributed by atoms with E-state index in [0.29, 0.717) is 17.5 Å². The van der Waals surface area contributed by atoms with Gasteiger partial charge in [-0.15, -0.1) is 12.6 Å². The lowest BCUT2D eigenvalue weighted by atomic mass is 10.0. The predicted molar refractivity (Wildman–Crippen MR) is 129 cm³/mol. The van der Waals surface area contributed by atoms with E-state index in [1.807, 2.05) is 91.0 Å². The van der Waals surface area contributed by atoms with Crippen molar-refractivity contribution in [3.8, 4) is 45.3 Å². The van der Waals surface area contributed by atoms with Gasteiger partial charge in [0, 0.05) is 21.6 Å². The molecule has 0 radical (unpaired) electrons. The highest BCUT2D eigenvalue weighted by Crippen LogP contribution is 2.30. The van der Waals surface area contributed by atoms with Gasteiger partial charge < -0.3 is 0 Å². The first-order valence-corrected chi connectivity index (χ1v) is 10.5. The Morgan fingerprint density at radius 3 is 1.45 bits per heavy atom. The largest absolute Gasteiger partial charge is 0.208 e. The second kappa shape index (κ2) is 8.54. The second-order valence-corrected chi connectivity index (χ2v) is 7.62. The van der Waals surface area contributed by atoms with Crippen molar-refractivity contribution in [3.63, 3.8) is 0 Å². The van der Waals surface area contributed by atoms with Gasteiger partial charge in [0.1, 0.15) is 0 Å². The van der Waals surface area contributed by atoms with E-state index >= 15 is 0 Å². The maximum absolute atomic E-state index is 4.82. The maximum atomic E-state index is 4.82. The molecule has 0 saturated heterocycles. The smallest absolute Gasteiger partial charge is 0.164 e. The lowest BCUT2D eigenvalue weighted by Gasteiger charge is -2.10. The second-order valence-electron chi connectivity index (χ2n) is 7.14. The van der Waals surface area contributed by atoms with E-state index in [2.05, 4.69) is 30.8 Å². The van der Waals surface area contributed by atoms with Crippen molar-refractivity contribution >= 4 is 12.6 Å². The Bertz CT molecular complexity index is 1280. The summed E-state index contributed by atoms with van der Waals surface area (Å²) in [6.07, 6.45) is 0. The number of hydrogen-bond donors (Lipinski definition) is 1. The monoisotopic (exact) mass is 417 g/mol. The van der Waals surface area contributed by atoms with E-state index in [1.54, 1.807) is 0 Å². The fraction of sp³-hybridized carbons (Fsp3) is 0. The fourth-order valence-electron chi connectivity index (χ4n) is 3.48. The summed E-state index contributed by atoms with van der Waals surface area (Å²) in [5.41, 5.74) is 5.01. The molecule has 0 atom stereocenters. The molecule has 4 aromatic carbocycles. The summed E-state index contributed by atoms with van der Waals surface area (Å²) < 4.78 is 0. The first-order chi connectivity index (χ1) is 15.3. The molecule has 3 nitrogen and oxygen atoms in total. The zero-order valence-corrected chi connectivity index (χ0v) is 17.6. The number of aromatic nitrogens is 3. The van der Waals surface area contributed by atoms with Crippen molar-refractivity contribution in [1.29, 1.82) is 0 Å². The third-order valence-corrected chi connectivity index (χ3v) is 5.43. The minimum atomic E-state index is 0.645. The van der Waals surface area contributed by atoms with Gasteiger partial charge in [-0.25, -0.2) is 15.0 Å². The van der Waals surface area contributed by atoms with Crippen LogP contribution < -0.4 is 0 Å². The summed E-state index contributed by atoms with van der Waals surface area (Å²) in [4.78, 5) is 15.3.